The zero-order valence-corrected chi connectivity index (χ0v) is 15.8. The van der Waals surface area contributed by atoms with Crippen LogP contribution in [0.25, 0.3) is 0 Å². The Morgan fingerprint density at radius 2 is 1.32 bits per heavy atom. The molecule has 0 saturated heterocycles. The largest absolute Gasteiger partial charge is 0.480 e. The second-order valence-electron chi connectivity index (χ2n) is 6.45. The topological polar surface area (TPSA) is 66.4 Å². The summed E-state index contributed by atoms with van der Waals surface area (Å²) < 4.78 is 0. The summed E-state index contributed by atoms with van der Waals surface area (Å²) in [6.07, 6.45) is -0.160. The Balaban J connectivity index is 1.84. The quantitative estimate of drug-likeness (QED) is 0.542. The summed E-state index contributed by atoms with van der Waals surface area (Å²) in [7, 11) is 0. The molecule has 3 aromatic rings. The molecule has 0 heterocycles. The van der Waals surface area contributed by atoms with Crippen molar-refractivity contribution in [2.75, 3.05) is 0 Å². The van der Waals surface area contributed by atoms with Crippen LogP contribution in [0.4, 0.5) is 0 Å². The SMILES string of the molecule is O=C(C[C@H](NC(c1ccccc1)c1ccccc1)C(=O)O)c1ccc(Cl)cc1. The van der Waals surface area contributed by atoms with Crippen LogP contribution in [-0.2, 0) is 4.79 Å². The van der Waals surface area contributed by atoms with E-state index in [2.05, 4.69) is 5.32 Å². The molecular weight excluding hydrogens is 374 g/mol. The first-order chi connectivity index (χ1) is 13.5. The van der Waals surface area contributed by atoms with Gasteiger partial charge < -0.3 is 5.11 Å². The molecule has 2 N–H and O–H groups in total. The van der Waals surface area contributed by atoms with Crippen molar-refractivity contribution in [3.05, 3.63) is 107 Å². The summed E-state index contributed by atoms with van der Waals surface area (Å²) in [5.74, 6) is -1.32. The summed E-state index contributed by atoms with van der Waals surface area (Å²) in [6.45, 7) is 0. The third-order valence-corrected chi connectivity index (χ3v) is 4.74. The van der Waals surface area contributed by atoms with E-state index in [1.807, 2.05) is 60.7 Å². The van der Waals surface area contributed by atoms with Gasteiger partial charge >= 0.3 is 5.97 Å². The Bertz CT molecular complexity index is 888. The van der Waals surface area contributed by atoms with Gasteiger partial charge in [-0.05, 0) is 35.4 Å². The molecule has 0 radical (unpaired) electrons. The number of rotatable bonds is 8. The zero-order chi connectivity index (χ0) is 19.9. The molecule has 5 heteroatoms. The molecule has 4 nitrogen and oxygen atoms in total. The minimum atomic E-state index is -1.07. The number of carbonyl (C=O) groups is 2. The molecule has 0 unspecified atom stereocenters. The average molecular weight is 394 g/mol. The Morgan fingerprint density at radius 3 is 1.79 bits per heavy atom. The summed E-state index contributed by atoms with van der Waals surface area (Å²) in [5.41, 5.74) is 2.30. The van der Waals surface area contributed by atoms with Crippen LogP contribution >= 0.6 is 11.6 Å². The molecule has 142 valence electrons. The highest BCUT2D eigenvalue weighted by Crippen LogP contribution is 2.23. The lowest BCUT2D eigenvalue weighted by Crippen LogP contribution is -2.41. The van der Waals surface area contributed by atoms with E-state index in [1.54, 1.807) is 24.3 Å². The zero-order valence-electron chi connectivity index (χ0n) is 15.1. The van der Waals surface area contributed by atoms with Crippen LogP contribution in [0.1, 0.15) is 33.9 Å². The van der Waals surface area contributed by atoms with E-state index in [0.717, 1.165) is 11.1 Å². The number of carbonyl (C=O) groups excluding carboxylic acids is 1. The maximum absolute atomic E-state index is 12.6. The molecule has 0 fully saturated rings. The number of carboxylic acid groups (broad SMARTS) is 1. The van der Waals surface area contributed by atoms with Gasteiger partial charge in [0.1, 0.15) is 6.04 Å². The van der Waals surface area contributed by atoms with Crippen molar-refractivity contribution in [1.82, 2.24) is 5.32 Å². The van der Waals surface area contributed by atoms with Gasteiger partial charge in [-0.15, -0.1) is 0 Å². The van der Waals surface area contributed by atoms with E-state index >= 15 is 0 Å². The van der Waals surface area contributed by atoms with Gasteiger partial charge in [-0.3, -0.25) is 14.9 Å². The van der Waals surface area contributed by atoms with E-state index in [-0.39, 0.29) is 18.2 Å². The van der Waals surface area contributed by atoms with E-state index in [0.29, 0.717) is 10.6 Å². The Morgan fingerprint density at radius 1 is 0.821 bits per heavy atom. The molecule has 28 heavy (non-hydrogen) atoms. The van der Waals surface area contributed by atoms with E-state index in [9.17, 15) is 14.7 Å². The number of hydrogen-bond donors (Lipinski definition) is 2. The molecule has 0 aliphatic rings. The first-order valence-electron chi connectivity index (χ1n) is 8.92. The number of carboxylic acids is 1. The van der Waals surface area contributed by atoms with Crippen LogP contribution in [0.15, 0.2) is 84.9 Å². The molecule has 3 rings (SSSR count). The van der Waals surface area contributed by atoms with Gasteiger partial charge in [0.25, 0.3) is 0 Å². The molecule has 0 saturated carbocycles. The molecule has 0 aromatic heterocycles. The van der Waals surface area contributed by atoms with E-state index in [1.165, 1.54) is 0 Å². The summed E-state index contributed by atoms with van der Waals surface area (Å²) in [5, 5.41) is 13.4. The fraction of sp³-hybridized carbons (Fsp3) is 0.130. The van der Waals surface area contributed by atoms with Gasteiger partial charge in [0.2, 0.25) is 0 Å². The van der Waals surface area contributed by atoms with Crippen molar-refractivity contribution in [2.24, 2.45) is 0 Å². The van der Waals surface area contributed by atoms with Crippen LogP contribution in [0, 0.1) is 0 Å². The maximum Gasteiger partial charge on any atom is 0.321 e. The first-order valence-corrected chi connectivity index (χ1v) is 9.30. The van der Waals surface area contributed by atoms with Crippen molar-refractivity contribution in [2.45, 2.75) is 18.5 Å². The molecule has 0 spiro atoms. The third kappa shape index (κ3) is 5.06. The number of ketones is 1. The van der Waals surface area contributed by atoms with E-state index < -0.39 is 12.0 Å². The molecule has 0 bridgehead atoms. The summed E-state index contributed by atoms with van der Waals surface area (Å²) >= 11 is 5.86. The van der Waals surface area contributed by atoms with Crippen LogP contribution < -0.4 is 5.32 Å². The molecule has 3 aromatic carbocycles. The highest BCUT2D eigenvalue weighted by molar-refractivity contribution is 6.30. The van der Waals surface area contributed by atoms with Gasteiger partial charge in [0.05, 0.1) is 6.04 Å². The van der Waals surface area contributed by atoms with Gasteiger partial charge in [-0.2, -0.15) is 0 Å². The smallest absolute Gasteiger partial charge is 0.321 e. The molecule has 0 amide bonds. The lowest BCUT2D eigenvalue weighted by molar-refractivity contribution is -0.139. The van der Waals surface area contributed by atoms with Crippen LogP contribution in [0.2, 0.25) is 5.02 Å². The maximum atomic E-state index is 12.6. The predicted octanol–water partition coefficient (Wildman–Crippen LogP) is 4.75. The monoisotopic (exact) mass is 393 g/mol. The van der Waals surface area contributed by atoms with Gasteiger partial charge in [0, 0.05) is 17.0 Å². The van der Waals surface area contributed by atoms with Gasteiger partial charge in [-0.1, -0.05) is 72.3 Å². The Kier molecular flexibility index (Phi) is 6.58. The van der Waals surface area contributed by atoms with Gasteiger partial charge in [0.15, 0.2) is 5.78 Å². The average Bonchev–Trinajstić information content (AvgIpc) is 2.72. The van der Waals surface area contributed by atoms with Crippen LogP contribution in [0.3, 0.4) is 0 Å². The fourth-order valence-corrected chi connectivity index (χ4v) is 3.16. The standard InChI is InChI=1S/C23H20ClNO3/c24-19-13-11-16(12-14-19)21(26)15-20(23(27)28)25-22(17-7-3-1-4-8-17)18-9-5-2-6-10-18/h1-14,20,22,25H,15H2,(H,27,28)/t20-/m0/s1. The summed E-state index contributed by atoms with van der Waals surface area (Å²) in [6, 6.07) is 24.2. The Hall–Kier alpha value is -2.95. The third-order valence-electron chi connectivity index (χ3n) is 4.49. The second kappa shape index (κ2) is 9.31. The number of aliphatic carboxylic acids is 1. The highest BCUT2D eigenvalue weighted by Gasteiger charge is 2.26. The molecule has 0 aliphatic heterocycles. The van der Waals surface area contributed by atoms with Gasteiger partial charge in [-0.25, -0.2) is 0 Å². The fourth-order valence-electron chi connectivity index (χ4n) is 3.03. The predicted molar refractivity (Wildman–Crippen MR) is 110 cm³/mol. The first kappa shape index (κ1) is 19.8. The number of benzene rings is 3. The number of Topliss-reactive ketones (excluding diaryl/α,β-unsaturated/α-hetero) is 1. The van der Waals surface area contributed by atoms with Crippen molar-refractivity contribution in [3.63, 3.8) is 0 Å². The number of halogens is 1. The lowest BCUT2D eigenvalue weighted by atomic mass is 9.96. The Labute approximate surface area is 168 Å². The minimum Gasteiger partial charge on any atom is -0.480 e. The van der Waals surface area contributed by atoms with Crippen molar-refractivity contribution >= 4 is 23.4 Å². The summed E-state index contributed by atoms with van der Waals surface area (Å²) in [4.78, 5) is 24.5. The molecule has 1 atom stereocenters. The van der Waals surface area contributed by atoms with Crippen LogP contribution in [0.5, 0.6) is 0 Å². The van der Waals surface area contributed by atoms with E-state index in [4.69, 9.17) is 11.6 Å². The molecular formula is C23H20ClNO3. The molecule has 0 aliphatic carbocycles. The van der Waals surface area contributed by atoms with Crippen molar-refractivity contribution in [3.8, 4) is 0 Å². The van der Waals surface area contributed by atoms with Crippen molar-refractivity contribution in [1.29, 1.82) is 0 Å². The second-order valence-corrected chi connectivity index (χ2v) is 6.88. The number of hydrogen-bond acceptors (Lipinski definition) is 3. The van der Waals surface area contributed by atoms with Crippen LogP contribution in [-0.4, -0.2) is 22.9 Å². The van der Waals surface area contributed by atoms with Crippen molar-refractivity contribution < 1.29 is 14.7 Å². The number of nitrogens with one attached hydrogen (secondary N) is 1. The normalized spacial score (nSPS) is 11.9. The lowest BCUT2D eigenvalue weighted by Gasteiger charge is -2.24. The minimum absolute atomic E-state index is 0.160. The highest BCUT2D eigenvalue weighted by atomic mass is 35.5.